The van der Waals surface area contributed by atoms with E-state index in [1.807, 2.05) is 11.3 Å². The van der Waals surface area contributed by atoms with Crippen LogP contribution in [0.5, 0.6) is 0 Å². The van der Waals surface area contributed by atoms with Crippen molar-refractivity contribution in [3.8, 4) is 0 Å². The molecule has 1 N–H and O–H groups in total. The predicted molar refractivity (Wildman–Crippen MR) is 91.7 cm³/mol. The standard InChI is InChI=1S/C18H29NOS/c1-13(2)19-10-18-9-17(15(4)21-18)12-20-11-16-8-6-5-7-14(16)3/h5-6,9,13-14,16,19H,7-8,10-12H2,1-4H3. The molecule has 0 spiro atoms. The number of aryl methyl sites for hydroxylation is 1. The second kappa shape index (κ2) is 8.11. The van der Waals surface area contributed by atoms with E-state index in [0.29, 0.717) is 12.0 Å². The molecule has 118 valence electrons. The van der Waals surface area contributed by atoms with Crippen molar-refractivity contribution >= 4 is 11.3 Å². The molecule has 1 aromatic heterocycles. The number of thiophene rings is 1. The van der Waals surface area contributed by atoms with E-state index in [0.717, 1.165) is 25.7 Å². The molecule has 0 aromatic carbocycles. The zero-order valence-electron chi connectivity index (χ0n) is 13.8. The Balaban J connectivity index is 1.79. The van der Waals surface area contributed by atoms with Crippen molar-refractivity contribution in [3.05, 3.63) is 33.5 Å². The summed E-state index contributed by atoms with van der Waals surface area (Å²) in [5.41, 5.74) is 1.36. The molecule has 3 heteroatoms. The average Bonchev–Trinajstić information content (AvgIpc) is 2.79. The van der Waals surface area contributed by atoms with Gasteiger partial charge in [0, 0.05) is 22.3 Å². The van der Waals surface area contributed by atoms with E-state index >= 15 is 0 Å². The van der Waals surface area contributed by atoms with Crippen LogP contribution in [0.25, 0.3) is 0 Å². The van der Waals surface area contributed by atoms with Gasteiger partial charge in [-0.2, -0.15) is 0 Å². The van der Waals surface area contributed by atoms with Crippen molar-refractivity contribution in [2.24, 2.45) is 11.8 Å². The van der Waals surface area contributed by atoms with Gasteiger partial charge in [-0.1, -0.05) is 32.9 Å². The fourth-order valence-electron chi connectivity index (χ4n) is 2.68. The average molecular weight is 308 g/mol. The molecule has 2 unspecified atom stereocenters. The molecule has 0 saturated carbocycles. The molecule has 2 nitrogen and oxygen atoms in total. The summed E-state index contributed by atoms with van der Waals surface area (Å²) in [6, 6.07) is 2.84. The lowest BCUT2D eigenvalue weighted by Gasteiger charge is -2.24. The van der Waals surface area contributed by atoms with E-state index in [1.54, 1.807) is 0 Å². The van der Waals surface area contributed by atoms with Crippen molar-refractivity contribution in [1.82, 2.24) is 5.32 Å². The fourth-order valence-corrected chi connectivity index (χ4v) is 3.68. The minimum absolute atomic E-state index is 0.535. The van der Waals surface area contributed by atoms with Crippen LogP contribution >= 0.6 is 11.3 Å². The van der Waals surface area contributed by atoms with E-state index in [9.17, 15) is 0 Å². The van der Waals surface area contributed by atoms with Gasteiger partial charge in [0.2, 0.25) is 0 Å². The van der Waals surface area contributed by atoms with E-state index in [2.05, 4.69) is 51.2 Å². The van der Waals surface area contributed by atoms with Gasteiger partial charge in [-0.05, 0) is 43.2 Å². The highest BCUT2D eigenvalue weighted by Crippen LogP contribution is 2.26. The normalized spacial score (nSPS) is 22.1. The van der Waals surface area contributed by atoms with Crippen LogP contribution < -0.4 is 5.32 Å². The first-order valence-corrected chi connectivity index (χ1v) is 8.92. The summed E-state index contributed by atoms with van der Waals surface area (Å²) in [6.07, 6.45) is 6.99. The Morgan fingerprint density at radius 3 is 2.81 bits per heavy atom. The summed E-state index contributed by atoms with van der Waals surface area (Å²) in [7, 11) is 0. The molecule has 1 aromatic rings. The third-order valence-electron chi connectivity index (χ3n) is 4.26. The number of hydrogen-bond donors (Lipinski definition) is 1. The summed E-state index contributed by atoms with van der Waals surface area (Å²) >= 11 is 1.89. The fraction of sp³-hybridized carbons (Fsp3) is 0.667. The van der Waals surface area contributed by atoms with E-state index in [1.165, 1.54) is 28.2 Å². The molecule has 0 bridgehead atoms. The van der Waals surface area contributed by atoms with Crippen molar-refractivity contribution < 1.29 is 4.74 Å². The first-order valence-electron chi connectivity index (χ1n) is 8.10. The lowest BCUT2D eigenvalue weighted by molar-refractivity contribution is 0.0680. The molecule has 0 fully saturated rings. The van der Waals surface area contributed by atoms with E-state index in [4.69, 9.17) is 4.74 Å². The Kier molecular flexibility index (Phi) is 6.46. The molecule has 1 aliphatic rings. The summed E-state index contributed by atoms with van der Waals surface area (Å²) in [4.78, 5) is 2.81. The van der Waals surface area contributed by atoms with Crippen LogP contribution in [0.4, 0.5) is 0 Å². The van der Waals surface area contributed by atoms with Crippen LogP contribution in [-0.2, 0) is 17.9 Å². The minimum atomic E-state index is 0.535. The molecule has 0 amide bonds. The first kappa shape index (κ1) is 16.7. The van der Waals surface area contributed by atoms with Crippen molar-refractivity contribution in [1.29, 1.82) is 0 Å². The van der Waals surface area contributed by atoms with Gasteiger partial charge in [0.1, 0.15) is 0 Å². The monoisotopic (exact) mass is 307 g/mol. The molecule has 1 aliphatic carbocycles. The Morgan fingerprint density at radius 2 is 2.10 bits per heavy atom. The maximum atomic E-state index is 6.00. The smallest absolute Gasteiger partial charge is 0.0727 e. The molecule has 0 radical (unpaired) electrons. The number of hydrogen-bond acceptors (Lipinski definition) is 3. The van der Waals surface area contributed by atoms with Gasteiger partial charge in [0.05, 0.1) is 13.2 Å². The Bertz CT molecular complexity index is 464. The lowest BCUT2D eigenvalue weighted by atomic mass is 9.85. The maximum absolute atomic E-state index is 6.00. The lowest BCUT2D eigenvalue weighted by Crippen LogP contribution is -2.21. The van der Waals surface area contributed by atoms with Gasteiger partial charge in [0.15, 0.2) is 0 Å². The van der Waals surface area contributed by atoms with Crippen LogP contribution in [0.1, 0.15) is 48.9 Å². The Morgan fingerprint density at radius 1 is 1.33 bits per heavy atom. The van der Waals surface area contributed by atoms with Crippen LogP contribution in [0.15, 0.2) is 18.2 Å². The van der Waals surface area contributed by atoms with E-state index < -0.39 is 0 Å². The van der Waals surface area contributed by atoms with Crippen LogP contribution in [0.3, 0.4) is 0 Å². The topological polar surface area (TPSA) is 21.3 Å². The molecule has 2 atom stereocenters. The molecular formula is C18H29NOS. The molecular weight excluding hydrogens is 278 g/mol. The van der Waals surface area contributed by atoms with E-state index in [-0.39, 0.29) is 0 Å². The van der Waals surface area contributed by atoms with Gasteiger partial charge < -0.3 is 10.1 Å². The van der Waals surface area contributed by atoms with Crippen LogP contribution in [0, 0.1) is 18.8 Å². The third kappa shape index (κ3) is 5.24. The molecule has 2 rings (SSSR count). The minimum Gasteiger partial charge on any atom is -0.376 e. The Labute approximate surface area is 133 Å². The number of nitrogens with one attached hydrogen (secondary N) is 1. The number of allylic oxidation sites excluding steroid dienone is 2. The highest BCUT2D eigenvalue weighted by Gasteiger charge is 2.18. The maximum Gasteiger partial charge on any atom is 0.0727 e. The number of ether oxygens (including phenoxy) is 1. The van der Waals surface area contributed by atoms with Crippen molar-refractivity contribution in [2.45, 2.75) is 59.7 Å². The summed E-state index contributed by atoms with van der Waals surface area (Å²) in [5.74, 6) is 1.44. The first-order chi connectivity index (χ1) is 10.1. The molecule has 0 saturated heterocycles. The van der Waals surface area contributed by atoms with Gasteiger partial charge in [-0.3, -0.25) is 0 Å². The zero-order chi connectivity index (χ0) is 15.2. The van der Waals surface area contributed by atoms with Gasteiger partial charge in [-0.25, -0.2) is 0 Å². The van der Waals surface area contributed by atoms with Crippen molar-refractivity contribution in [2.75, 3.05) is 6.61 Å². The van der Waals surface area contributed by atoms with Gasteiger partial charge >= 0.3 is 0 Å². The largest absolute Gasteiger partial charge is 0.376 e. The highest BCUT2D eigenvalue weighted by atomic mass is 32.1. The molecule has 1 heterocycles. The highest BCUT2D eigenvalue weighted by molar-refractivity contribution is 7.12. The summed E-state index contributed by atoms with van der Waals surface area (Å²) < 4.78 is 6.00. The quantitative estimate of drug-likeness (QED) is 0.739. The predicted octanol–water partition coefficient (Wildman–Crippen LogP) is 4.67. The second-order valence-electron chi connectivity index (χ2n) is 6.53. The SMILES string of the molecule is Cc1sc(CNC(C)C)cc1COCC1CC=CCC1C. The number of rotatable bonds is 7. The van der Waals surface area contributed by atoms with Gasteiger partial charge in [0.25, 0.3) is 0 Å². The Hall–Kier alpha value is -0.640. The van der Waals surface area contributed by atoms with Crippen LogP contribution in [0.2, 0.25) is 0 Å². The second-order valence-corrected chi connectivity index (χ2v) is 7.87. The summed E-state index contributed by atoms with van der Waals surface area (Å²) in [5, 5.41) is 3.48. The third-order valence-corrected chi connectivity index (χ3v) is 5.36. The van der Waals surface area contributed by atoms with Gasteiger partial charge in [-0.15, -0.1) is 11.3 Å². The van der Waals surface area contributed by atoms with Crippen molar-refractivity contribution in [3.63, 3.8) is 0 Å². The zero-order valence-corrected chi connectivity index (χ0v) is 14.6. The molecule has 21 heavy (non-hydrogen) atoms. The molecule has 0 aliphatic heterocycles. The summed E-state index contributed by atoms with van der Waals surface area (Å²) in [6.45, 7) is 11.5. The van der Waals surface area contributed by atoms with Crippen LogP contribution in [-0.4, -0.2) is 12.6 Å².